The lowest BCUT2D eigenvalue weighted by Gasteiger charge is -2.35. The van der Waals surface area contributed by atoms with E-state index in [2.05, 4.69) is 33.4 Å². The zero-order chi connectivity index (χ0) is 38.5. The first-order valence-corrected chi connectivity index (χ1v) is 18.1. The maximum atomic E-state index is 12.6. The average Bonchev–Trinajstić information content (AvgIpc) is 3.13. The quantitative estimate of drug-likeness (QED) is 0.0565. The summed E-state index contributed by atoms with van der Waals surface area (Å²) in [4.78, 5) is 25.0. The van der Waals surface area contributed by atoms with Gasteiger partial charge in [-0.25, -0.2) is 0 Å². The maximum absolute atomic E-state index is 12.6. The highest BCUT2D eigenvalue weighted by Crippen LogP contribution is 2.44. The van der Waals surface area contributed by atoms with Crippen LogP contribution in [0.2, 0.25) is 0 Å². The van der Waals surface area contributed by atoms with Crippen molar-refractivity contribution in [2.45, 2.75) is 70.0 Å². The predicted molar refractivity (Wildman–Crippen MR) is 197 cm³/mol. The highest BCUT2D eigenvalue weighted by Gasteiger charge is 2.31. The smallest absolute Gasteiger partial charge is 0.387 e. The molecule has 0 heterocycles. The largest absolute Gasteiger partial charge is 0.435 e. The molecule has 0 radical (unpaired) electrons. The fourth-order valence-electron chi connectivity index (χ4n) is 6.87. The Hall–Kier alpha value is -4.98. The van der Waals surface area contributed by atoms with Crippen LogP contribution in [-0.4, -0.2) is 50.2 Å². The van der Waals surface area contributed by atoms with Gasteiger partial charge in [-0.3, -0.25) is 9.59 Å². The van der Waals surface area contributed by atoms with Crippen LogP contribution in [0.5, 0.6) is 11.5 Å². The van der Waals surface area contributed by atoms with E-state index in [9.17, 15) is 27.2 Å². The summed E-state index contributed by atoms with van der Waals surface area (Å²) in [6, 6.07) is 26.9. The highest BCUT2D eigenvalue weighted by atomic mass is 19.3. The number of alkyl halides is 4. The number of hydrogen-bond acceptors (Lipinski definition) is 6. The van der Waals surface area contributed by atoms with Crippen molar-refractivity contribution in [3.63, 3.8) is 0 Å². The fraction of sp³-hybridized carbons (Fsp3) is 0.364. The van der Waals surface area contributed by atoms with Crippen LogP contribution in [0.4, 0.5) is 17.6 Å². The van der Waals surface area contributed by atoms with Crippen molar-refractivity contribution < 1.29 is 46.5 Å². The Morgan fingerprint density at radius 1 is 0.667 bits per heavy atom. The van der Waals surface area contributed by atoms with Gasteiger partial charge in [0.2, 0.25) is 11.6 Å². The molecule has 0 spiro atoms. The van der Waals surface area contributed by atoms with Crippen LogP contribution < -0.4 is 9.47 Å². The van der Waals surface area contributed by atoms with Crippen LogP contribution in [0.1, 0.15) is 99.8 Å². The second kappa shape index (κ2) is 19.9. The first-order valence-electron chi connectivity index (χ1n) is 18.1. The number of aliphatic hydroxyl groups is 1. The molecular formula is C44H44F4O6. The second-order valence-corrected chi connectivity index (χ2v) is 13.7. The molecule has 6 rings (SSSR count). The van der Waals surface area contributed by atoms with Crippen molar-refractivity contribution >= 4 is 11.6 Å². The van der Waals surface area contributed by atoms with E-state index in [0.717, 1.165) is 61.3 Å². The summed E-state index contributed by atoms with van der Waals surface area (Å²) in [7, 11) is 1.70. The van der Waals surface area contributed by atoms with E-state index < -0.39 is 24.8 Å². The van der Waals surface area contributed by atoms with Crippen LogP contribution in [0, 0.1) is 23.7 Å². The third-order valence-corrected chi connectivity index (χ3v) is 9.93. The number of ketones is 2. The summed E-state index contributed by atoms with van der Waals surface area (Å²) < 4.78 is 62.4. The van der Waals surface area contributed by atoms with E-state index >= 15 is 0 Å². The van der Waals surface area contributed by atoms with Gasteiger partial charge in [0, 0.05) is 42.6 Å². The molecule has 2 fully saturated rings. The monoisotopic (exact) mass is 744 g/mol. The molecular weight excluding hydrogens is 700 g/mol. The first-order chi connectivity index (χ1) is 26.1. The van der Waals surface area contributed by atoms with Gasteiger partial charge >= 0.3 is 13.2 Å². The lowest BCUT2D eigenvalue weighted by Crippen LogP contribution is -2.23. The number of hydrogen-bond donors (Lipinski definition) is 1. The summed E-state index contributed by atoms with van der Waals surface area (Å²) in [6.45, 7) is -4.72. The van der Waals surface area contributed by atoms with Crippen LogP contribution in [-0.2, 0) is 4.74 Å². The number of ether oxygens (including phenoxy) is 3. The molecule has 0 atom stereocenters. The summed E-state index contributed by atoms with van der Waals surface area (Å²) in [5.41, 5.74) is 4.57. The molecule has 2 aliphatic rings. The SMILES string of the molecule is COCCC1CC(c2cccc(C(=O)C(=O)c3ccc(OC(F)F)cc3)c2)C1.OCCCC1CC(c2cccc(C#Cc3ccc(OC(F)F)cc3)c2)C1. The molecule has 2 aliphatic carbocycles. The Balaban J connectivity index is 0.000000208. The van der Waals surface area contributed by atoms with Gasteiger partial charge in [-0.05, 0) is 146 Å². The van der Waals surface area contributed by atoms with Crippen molar-refractivity contribution in [3.05, 3.63) is 130 Å². The summed E-state index contributed by atoms with van der Waals surface area (Å²) >= 11 is 0. The summed E-state index contributed by atoms with van der Waals surface area (Å²) in [5.74, 6) is 7.34. The molecule has 0 saturated heterocycles. The number of rotatable bonds is 15. The summed E-state index contributed by atoms with van der Waals surface area (Å²) in [5, 5.41) is 8.91. The summed E-state index contributed by atoms with van der Waals surface area (Å²) in [6.07, 6.45) is 7.52. The standard InChI is InChI=1S/C22H22F2O4.C22H22F2O2/c1-27-10-9-14-11-18(12-14)16-3-2-4-17(13-16)21(26)20(25)15-5-7-19(8-6-15)28-22(23)24;23-22(24)26-21-10-8-16(9-11-21)6-7-17-3-1-5-19(13-17)20-14-18(15-20)4-2-12-25/h2-8,13-14,18,22H,9-12H2,1H3;1,3,5,8-11,13,18,20,22,25H,2,4,12,14-15H2. The molecule has 0 amide bonds. The average molecular weight is 745 g/mol. The van der Waals surface area contributed by atoms with E-state index in [0.29, 0.717) is 23.3 Å². The fourth-order valence-corrected chi connectivity index (χ4v) is 6.87. The minimum atomic E-state index is -2.94. The van der Waals surface area contributed by atoms with E-state index in [4.69, 9.17) is 9.84 Å². The molecule has 54 heavy (non-hydrogen) atoms. The highest BCUT2D eigenvalue weighted by molar-refractivity contribution is 6.49. The topological polar surface area (TPSA) is 82.1 Å². The Labute approximate surface area is 313 Å². The Bertz CT molecular complexity index is 1870. The number of Topliss-reactive ketones (excluding diaryl/α,β-unsaturated/α-hetero) is 2. The Morgan fingerprint density at radius 2 is 1.19 bits per heavy atom. The van der Waals surface area contributed by atoms with Gasteiger partial charge in [0.15, 0.2) is 0 Å². The molecule has 4 aromatic carbocycles. The number of methoxy groups -OCH3 is 1. The number of carbonyl (C=O) groups excluding carboxylic acids is 2. The molecule has 4 aromatic rings. The van der Waals surface area contributed by atoms with Crippen molar-refractivity contribution in [2.24, 2.45) is 11.8 Å². The molecule has 284 valence electrons. The van der Waals surface area contributed by atoms with Crippen molar-refractivity contribution in [2.75, 3.05) is 20.3 Å². The molecule has 1 N–H and O–H groups in total. The number of aliphatic hydroxyl groups excluding tert-OH is 1. The third-order valence-electron chi connectivity index (χ3n) is 9.93. The van der Waals surface area contributed by atoms with Gasteiger partial charge in [-0.2, -0.15) is 17.6 Å². The van der Waals surface area contributed by atoms with E-state index in [1.165, 1.54) is 54.8 Å². The molecule has 0 bridgehead atoms. The van der Waals surface area contributed by atoms with Gasteiger partial charge in [0.05, 0.1) is 0 Å². The van der Waals surface area contributed by atoms with E-state index in [-0.39, 0.29) is 23.7 Å². The maximum Gasteiger partial charge on any atom is 0.387 e. The zero-order valence-electron chi connectivity index (χ0n) is 30.1. The van der Waals surface area contributed by atoms with E-state index in [1.54, 1.807) is 37.4 Å². The van der Waals surface area contributed by atoms with Gasteiger partial charge in [0.25, 0.3) is 0 Å². The number of halogens is 4. The number of carbonyl (C=O) groups is 2. The van der Waals surface area contributed by atoms with Crippen molar-refractivity contribution in [1.29, 1.82) is 0 Å². The van der Waals surface area contributed by atoms with Gasteiger partial charge in [-0.1, -0.05) is 42.2 Å². The molecule has 0 aromatic heterocycles. The molecule has 0 aliphatic heterocycles. The van der Waals surface area contributed by atoms with Crippen molar-refractivity contribution in [3.8, 4) is 23.3 Å². The molecule has 2 saturated carbocycles. The van der Waals surface area contributed by atoms with Crippen LogP contribution in [0.15, 0.2) is 97.1 Å². The zero-order valence-corrected chi connectivity index (χ0v) is 30.1. The van der Waals surface area contributed by atoms with E-state index in [1.807, 2.05) is 18.2 Å². The third kappa shape index (κ3) is 11.8. The van der Waals surface area contributed by atoms with Crippen LogP contribution in [0.3, 0.4) is 0 Å². The Kier molecular flexibility index (Phi) is 14.8. The predicted octanol–water partition coefficient (Wildman–Crippen LogP) is 9.84. The van der Waals surface area contributed by atoms with Gasteiger partial charge in [0.1, 0.15) is 11.5 Å². The van der Waals surface area contributed by atoms with Gasteiger partial charge in [-0.15, -0.1) is 0 Å². The Morgan fingerprint density at radius 3 is 1.76 bits per heavy atom. The first kappa shape index (κ1) is 40.2. The van der Waals surface area contributed by atoms with Crippen LogP contribution in [0.25, 0.3) is 0 Å². The minimum absolute atomic E-state index is 0.0611. The lowest BCUT2D eigenvalue weighted by atomic mass is 9.69. The van der Waals surface area contributed by atoms with Gasteiger partial charge < -0.3 is 19.3 Å². The van der Waals surface area contributed by atoms with Crippen LogP contribution >= 0.6 is 0 Å². The molecule has 10 heteroatoms. The van der Waals surface area contributed by atoms with Crippen molar-refractivity contribution in [1.82, 2.24) is 0 Å². The minimum Gasteiger partial charge on any atom is -0.435 e. The number of benzene rings is 4. The lowest BCUT2D eigenvalue weighted by molar-refractivity contribution is -0.0505. The molecule has 6 nitrogen and oxygen atoms in total. The molecule has 0 unspecified atom stereocenters. The normalized spacial score (nSPS) is 18.7. The second-order valence-electron chi connectivity index (χ2n) is 13.7.